The minimum Gasteiger partial charge on any atom is -0.467 e. The van der Waals surface area contributed by atoms with Gasteiger partial charge in [0.15, 0.2) is 0 Å². The first-order chi connectivity index (χ1) is 6.93. The second-order valence-electron chi connectivity index (χ2n) is 3.24. The zero-order chi connectivity index (χ0) is 10.1. The van der Waals surface area contributed by atoms with Crippen LogP contribution in [0.2, 0.25) is 0 Å². The van der Waals surface area contributed by atoms with Crippen LogP contribution in [0.25, 0.3) is 0 Å². The van der Waals surface area contributed by atoms with E-state index in [1.165, 1.54) is 12.8 Å². The lowest BCUT2D eigenvalue weighted by Gasteiger charge is -2.01. The lowest BCUT2D eigenvalue weighted by atomic mass is 10.2. The Bertz CT molecular complexity index is 209. The number of ether oxygens (including phenoxy) is 1. The summed E-state index contributed by atoms with van der Waals surface area (Å²) < 4.78 is 10.6. The molecule has 0 amide bonds. The molecule has 1 rings (SSSR count). The second-order valence-corrected chi connectivity index (χ2v) is 3.61. The molecular weight excluding hydrogens is 200 g/mol. The molecule has 0 saturated heterocycles. The van der Waals surface area contributed by atoms with Gasteiger partial charge < -0.3 is 9.15 Å². The van der Waals surface area contributed by atoms with Crippen LogP contribution in [0.3, 0.4) is 0 Å². The topological polar surface area (TPSA) is 22.4 Å². The molecular formula is C11H17ClO2. The average Bonchev–Trinajstić information content (AvgIpc) is 2.69. The van der Waals surface area contributed by atoms with Crippen molar-refractivity contribution in [1.29, 1.82) is 0 Å². The van der Waals surface area contributed by atoms with E-state index >= 15 is 0 Å². The van der Waals surface area contributed by atoms with Crippen LogP contribution in [-0.4, -0.2) is 12.5 Å². The quantitative estimate of drug-likeness (QED) is 0.490. The van der Waals surface area contributed by atoms with Gasteiger partial charge in [0.2, 0.25) is 0 Å². The van der Waals surface area contributed by atoms with E-state index in [-0.39, 0.29) is 0 Å². The number of unbranched alkanes of at least 4 members (excludes halogenated alkanes) is 3. The average molecular weight is 217 g/mol. The molecule has 0 N–H and O–H groups in total. The van der Waals surface area contributed by atoms with Crippen LogP contribution in [-0.2, 0) is 11.3 Å². The van der Waals surface area contributed by atoms with Crippen molar-refractivity contribution in [2.45, 2.75) is 32.3 Å². The van der Waals surface area contributed by atoms with Gasteiger partial charge in [-0.25, -0.2) is 0 Å². The minimum atomic E-state index is 0.586. The molecule has 0 saturated carbocycles. The summed E-state index contributed by atoms with van der Waals surface area (Å²) in [7, 11) is 0. The molecule has 0 atom stereocenters. The van der Waals surface area contributed by atoms with Crippen molar-refractivity contribution in [3.63, 3.8) is 0 Å². The van der Waals surface area contributed by atoms with Gasteiger partial charge in [-0.05, 0) is 25.0 Å². The fraction of sp³-hybridized carbons (Fsp3) is 0.636. The molecule has 0 unspecified atom stereocenters. The molecule has 0 aliphatic heterocycles. The van der Waals surface area contributed by atoms with Gasteiger partial charge in [-0.15, -0.1) is 11.6 Å². The van der Waals surface area contributed by atoms with E-state index in [0.29, 0.717) is 6.61 Å². The fourth-order valence-corrected chi connectivity index (χ4v) is 1.41. The third-order valence-electron chi connectivity index (χ3n) is 2.00. The predicted octanol–water partition coefficient (Wildman–Crippen LogP) is 3.60. The number of hydrogen-bond acceptors (Lipinski definition) is 2. The maximum atomic E-state index is 5.57. The highest BCUT2D eigenvalue weighted by atomic mass is 35.5. The lowest BCUT2D eigenvalue weighted by Crippen LogP contribution is -1.94. The Kier molecular flexibility index (Phi) is 6.54. The molecule has 0 bridgehead atoms. The third kappa shape index (κ3) is 5.30. The molecule has 0 aromatic carbocycles. The molecule has 0 spiro atoms. The van der Waals surface area contributed by atoms with Crippen LogP contribution >= 0.6 is 11.6 Å². The van der Waals surface area contributed by atoms with Gasteiger partial charge in [-0.2, -0.15) is 0 Å². The highest BCUT2D eigenvalue weighted by Gasteiger charge is 1.95. The summed E-state index contributed by atoms with van der Waals surface area (Å²) in [4.78, 5) is 0. The summed E-state index contributed by atoms with van der Waals surface area (Å²) in [5.74, 6) is 1.67. The van der Waals surface area contributed by atoms with Crippen molar-refractivity contribution >= 4 is 11.6 Å². The van der Waals surface area contributed by atoms with Crippen molar-refractivity contribution < 1.29 is 9.15 Å². The van der Waals surface area contributed by atoms with Gasteiger partial charge in [0.25, 0.3) is 0 Å². The molecule has 1 aromatic rings. The SMILES string of the molecule is ClCCCCCCOCc1ccco1. The molecule has 1 aromatic heterocycles. The van der Waals surface area contributed by atoms with Crippen molar-refractivity contribution in [3.05, 3.63) is 24.2 Å². The van der Waals surface area contributed by atoms with E-state index < -0.39 is 0 Å². The molecule has 80 valence electrons. The Labute approximate surface area is 90.2 Å². The highest BCUT2D eigenvalue weighted by molar-refractivity contribution is 6.17. The molecule has 14 heavy (non-hydrogen) atoms. The standard InChI is InChI=1S/C11H17ClO2/c12-7-3-1-2-4-8-13-10-11-6-5-9-14-11/h5-6,9H,1-4,7-8,10H2. The van der Waals surface area contributed by atoms with Crippen molar-refractivity contribution in [2.24, 2.45) is 0 Å². The van der Waals surface area contributed by atoms with E-state index in [2.05, 4.69) is 0 Å². The van der Waals surface area contributed by atoms with Gasteiger partial charge in [0, 0.05) is 12.5 Å². The summed E-state index contributed by atoms with van der Waals surface area (Å²) in [6.07, 6.45) is 6.29. The first kappa shape index (κ1) is 11.6. The molecule has 3 heteroatoms. The van der Waals surface area contributed by atoms with Crippen molar-refractivity contribution in [3.8, 4) is 0 Å². The van der Waals surface area contributed by atoms with E-state index in [1.807, 2.05) is 12.1 Å². The first-order valence-corrected chi connectivity index (χ1v) is 5.63. The maximum absolute atomic E-state index is 5.57. The van der Waals surface area contributed by atoms with Crippen LogP contribution in [0.1, 0.15) is 31.4 Å². The van der Waals surface area contributed by atoms with E-state index in [0.717, 1.165) is 31.1 Å². The molecule has 1 heterocycles. The molecule has 0 aliphatic carbocycles. The van der Waals surface area contributed by atoms with Crippen LogP contribution in [0.15, 0.2) is 22.8 Å². The zero-order valence-corrected chi connectivity index (χ0v) is 9.13. The van der Waals surface area contributed by atoms with Gasteiger partial charge in [0.05, 0.1) is 6.26 Å². The maximum Gasteiger partial charge on any atom is 0.129 e. The summed E-state index contributed by atoms with van der Waals surface area (Å²) in [5.41, 5.74) is 0. The number of rotatable bonds is 8. The van der Waals surface area contributed by atoms with Crippen LogP contribution in [0.5, 0.6) is 0 Å². The number of furan rings is 1. The van der Waals surface area contributed by atoms with Crippen molar-refractivity contribution in [1.82, 2.24) is 0 Å². The van der Waals surface area contributed by atoms with Gasteiger partial charge in [-0.1, -0.05) is 12.8 Å². The van der Waals surface area contributed by atoms with E-state index in [9.17, 15) is 0 Å². The lowest BCUT2D eigenvalue weighted by molar-refractivity contribution is 0.102. The number of alkyl halides is 1. The van der Waals surface area contributed by atoms with Gasteiger partial charge in [-0.3, -0.25) is 0 Å². The Morgan fingerprint density at radius 3 is 2.79 bits per heavy atom. The normalized spacial score (nSPS) is 10.6. The third-order valence-corrected chi connectivity index (χ3v) is 2.26. The summed E-state index contributed by atoms with van der Waals surface area (Å²) in [6.45, 7) is 1.39. The van der Waals surface area contributed by atoms with Crippen LogP contribution < -0.4 is 0 Å². The van der Waals surface area contributed by atoms with Crippen LogP contribution in [0.4, 0.5) is 0 Å². The fourth-order valence-electron chi connectivity index (χ4n) is 1.22. The first-order valence-electron chi connectivity index (χ1n) is 5.09. The smallest absolute Gasteiger partial charge is 0.129 e. The molecule has 2 nitrogen and oxygen atoms in total. The summed E-state index contributed by atoms with van der Waals surface area (Å²) >= 11 is 5.57. The van der Waals surface area contributed by atoms with E-state index in [1.54, 1.807) is 6.26 Å². The van der Waals surface area contributed by atoms with Gasteiger partial charge in [0.1, 0.15) is 12.4 Å². The van der Waals surface area contributed by atoms with Crippen molar-refractivity contribution in [2.75, 3.05) is 12.5 Å². The Morgan fingerprint density at radius 1 is 1.21 bits per heavy atom. The zero-order valence-electron chi connectivity index (χ0n) is 8.38. The Hall–Kier alpha value is -0.470. The van der Waals surface area contributed by atoms with E-state index in [4.69, 9.17) is 20.8 Å². The van der Waals surface area contributed by atoms with Crippen LogP contribution in [0, 0.1) is 0 Å². The Morgan fingerprint density at radius 2 is 2.07 bits per heavy atom. The number of hydrogen-bond donors (Lipinski definition) is 0. The summed E-state index contributed by atoms with van der Waals surface area (Å²) in [5, 5.41) is 0. The largest absolute Gasteiger partial charge is 0.467 e. The minimum absolute atomic E-state index is 0.586. The molecule has 0 fully saturated rings. The van der Waals surface area contributed by atoms with Gasteiger partial charge >= 0.3 is 0 Å². The molecule has 0 radical (unpaired) electrons. The number of halogens is 1. The predicted molar refractivity (Wildman–Crippen MR) is 57.6 cm³/mol. The monoisotopic (exact) mass is 216 g/mol. The summed E-state index contributed by atoms with van der Waals surface area (Å²) in [6, 6.07) is 3.80. The second kappa shape index (κ2) is 7.89. The highest BCUT2D eigenvalue weighted by Crippen LogP contribution is 2.04. The Balaban J connectivity index is 1.85. The molecule has 0 aliphatic rings.